The van der Waals surface area contributed by atoms with Crippen molar-refractivity contribution in [3.05, 3.63) is 29.8 Å². The Labute approximate surface area is 105 Å². The van der Waals surface area contributed by atoms with Crippen LogP contribution in [0.1, 0.15) is 25.8 Å². The lowest BCUT2D eigenvalue weighted by Gasteiger charge is -2.36. The Kier molecular flexibility index (Phi) is 3.05. The number of benzene rings is 1. The molecule has 18 heavy (non-hydrogen) atoms. The minimum absolute atomic E-state index is 0.0415. The fraction of sp³-hybridized carbons (Fsp3) is 0.538. The Morgan fingerprint density at radius 3 is 2.17 bits per heavy atom. The first-order valence-electron chi connectivity index (χ1n) is 5.93. The molecule has 1 unspecified atom stereocenters. The molecule has 1 aromatic carbocycles. The van der Waals surface area contributed by atoms with Crippen molar-refractivity contribution in [2.45, 2.75) is 38.0 Å². The van der Waals surface area contributed by atoms with Crippen molar-refractivity contribution in [3.8, 4) is 0 Å². The number of nitrogens with zero attached hydrogens (tertiary/aromatic N) is 1. The second-order valence-corrected chi connectivity index (χ2v) is 5.25. The van der Waals surface area contributed by atoms with Crippen LogP contribution in [0, 0.1) is 0 Å². The number of rotatable bonds is 1. The molecule has 0 radical (unpaired) electrons. The molecule has 2 rings (SSSR count). The lowest BCUT2D eigenvalue weighted by atomic mass is 9.96. The summed E-state index contributed by atoms with van der Waals surface area (Å²) < 4.78 is 37.4. The molecule has 1 aliphatic heterocycles. The molecule has 1 aliphatic rings. The standard InChI is InChI=1S/C13H17F3N2/c1-12(2)11(17)7-8-18(12)10-5-3-9(4-6-10)13(14,15)16/h3-6,11H,7-8,17H2,1-2H3. The highest BCUT2D eigenvalue weighted by Gasteiger charge is 2.39. The van der Waals surface area contributed by atoms with E-state index in [1.165, 1.54) is 12.1 Å². The van der Waals surface area contributed by atoms with Crippen molar-refractivity contribution in [2.75, 3.05) is 11.4 Å². The average molecular weight is 258 g/mol. The van der Waals surface area contributed by atoms with Gasteiger partial charge in [0.1, 0.15) is 0 Å². The fourth-order valence-corrected chi connectivity index (χ4v) is 2.40. The van der Waals surface area contributed by atoms with Gasteiger partial charge in [-0.25, -0.2) is 0 Å². The minimum atomic E-state index is -4.28. The highest BCUT2D eigenvalue weighted by atomic mass is 19.4. The molecule has 0 aliphatic carbocycles. The SMILES string of the molecule is CC1(C)C(N)CCN1c1ccc(C(F)(F)F)cc1. The topological polar surface area (TPSA) is 29.3 Å². The van der Waals surface area contributed by atoms with E-state index in [0.29, 0.717) is 0 Å². The molecule has 100 valence electrons. The molecule has 2 nitrogen and oxygen atoms in total. The Bertz CT molecular complexity index is 423. The third-order valence-corrected chi connectivity index (χ3v) is 3.77. The zero-order chi connectivity index (χ0) is 13.6. The molecule has 1 saturated heterocycles. The van der Waals surface area contributed by atoms with Crippen LogP contribution in [0.3, 0.4) is 0 Å². The van der Waals surface area contributed by atoms with E-state index in [0.717, 1.165) is 30.8 Å². The van der Waals surface area contributed by atoms with Crippen molar-refractivity contribution >= 4 is 5.69 Å². The summed E-state index contributed by atoms with van der Waals surface area (Å²) >= 11 is 0. The maximum Gasteiger partial charge on any atom is 0.416 e. The normalized spacial score (nSPS) is 23.4. The maximum atomic E-state index is 12.5. The third kappa shape index (κ3) is 2.19. The van der Waals surface area contributed by atoms with Gasteiger partial charge in [0.2, 0.25) is 0 Å². The van der Waals surface area contributed by atoms with Crippen LogP contribution in [0.2, 0.25) is 0 Å². The summed E-state index contributed by atoms with van der Waals surface area (Å²) in [7, 11) is 0. The van der Waals surface area contributed by atoms with Gasteiger partial charge in [0.05, 0.1) is 5.56 Å². The first kappa shape index (κ1) is 13.2. The van der Waals surface area contributed by atoms with Crippen LogP contribution in [-0.4, -0.2) is 18.1 Å². The van der Waals surface area contributed by atoms with Gasteiger partial charge in [0, 0.05) is 23.8 Å². The summed E-state index contributed by atoms with van der Waals surface area (Å²) in [6.07, 6.45) is -3.43. The molecule has 2 N–H and O–H groups in total. The number of alkyl halides is 3. The Balaban J connectivity index is 2.26. The summed E-state index contributed by atoms with van der Waals surface area (Å²) in [5.74, 6) is 0. The quantitative estimate of drug-likeness (QED) is 0.839. The van der Waals surface area contributed by atoms with E-state index in [1.807, 2.05) is 13.8 Å². The van der Waals surface area contributed by atoms with Gasteiger partial charge in [-0.15, -0.1) is 0 Å². The average Bonchev–Trinajstić information content (AvgIpc) is 2.53. The summed E-state index contributed by atoms with van der Waals surface area (Å²) in [5.41, 5.74) is 5.97. The molecule has 1 aromatic rings. The van der Waals surface area contributed by atoms with E-state index in [-0.39, 0.29) is 11.6 Å². The van der Waals surface area contributed by atoms with E-state index >= 15 is 0 Å². The van der Waals surface area contributed by atoms with Crippen molar-refractivity contribution in [1.29, 1.82) is 0 Å². The predicted molar refractivity (Wildman–Crippen MR) is 65.5 cm³/mol. The lowest BCUT2D eigenvalue weighted by Crippen LogP contribution is -2.48. The molecular formula is C13H17F3N2. The molecular weight excluding hydrogens is 241 g/mol. The third-order valence-electron chi connectivity index (χ3n) is 3.77. The van der Waals surface area contributed by atoms with Crippen LogP contribution < -0.4 is 10.6 Å². The van der Waals surface area contributed by atoms with E-state index in [2.05, 4.69) is 4.90 Å². The summed E-state index contributed by atoms with van der Waals surface area (Å²) in [4.78, 5) is 2.07. The van der Waals surface area contributed by atoms with Gasteiger partial charge >= 0.3 is 6.18 Å². The zero-order valence-electron chi connectivity index (χ0n) is 10.5. The highest BCUT2D eigenvalue weighted by Crippen LogP contribution is 2.35. The van der Waals surface area contributed by atoms with Crippen LogP contribution in [-0.2, 0) is 6.18 Å². The Morgan fingerprint density at radius 2 is 1.78 bits per heavy atom. The Morgan fingerprint density at radius 1 is 1.22 bits per heavy atom. The van der Waals surface area contributed by atoms with Crippen LogP contribution >= 0.6 is 0 Å². The second-order valence-electron chi connectivity index (χ2n) is 5.25. The van der Waals surface area contributed by atoms with E-state index in [9.17, 15) is 13.2 Å². The van der Waals surface area contributed by atoms with Gasteiger partial charge in [-0.05, 0) is 44.5 Å². The van der Waals surface area contributed by atoms with Gasteiger partial charge in [0.15, 0.2) is 0 Å². The smallest absolute Gasteiger partial charge is 0.365 e. The van der Waals surface area contributed by atoms with Gasteiger partial charge in [0.25, 0.3) is 0 Å². The van der Waals surface area contributed by atoms with E-state index in [1.54, 1.807) is 0 Å². The first-order valence-corrected chi connectivity index (χ1v) is 5.93. The number of nitrogens with two attached hydrogens (primary N) is 1. The minimum Gasteiger partial charge on any atom is -0.365 e. The largest absolute Gasteiger partial charge is 0.416 e. The summed E-state index contributed by atoms with van der Waals surface area (Å²) in [5, 5.41) is 0. The van der Waals surface area contributed by atoms with Crippen molar-refractivity contribution in [2.24, 2.45) is 5.73 Å². The number of halogens is 3. The van der Waals surface area contributed by atoms with Gasteiger partial charge in [-0.2, -0.15) is 13.2 Å². The number of anilines is 1. The molecule has 5 heteroatoms. The molecule has 0 spiro atoms. The van der Waals surface area contributed by atoms with Crippen LogP contribution in [0.15, 0.2) is 24.3 Å². The van der Waals surface area contributed by atoms with Crippen molar-refractivity contribution < 1.29 is 13.2 Å². The molecule has 1 atom stereocenters. The van der Waals surface area contributed by atoms with E-state index in [4.69, 9.17) is 5.73 Å². The van der Waals surface area contributed by atoms with Gasteiger partial charge in [-0.3, -0.25) is 0 Å². The molecule has 1 heterocycles. The molecule has 0 aromatic heterocycles. The van der Waals surface area contributed by atoms with Crippen LogP contribution in [0.5, 0.6) is 0 Å². The van der Waals surface area contributed by atoms with Gasteiger partial charge < -0.3 is 10.6 Å². The summed E-state index contributed by atoms with van der Waals surface area (Å²) in [6, 6.07) is 5.32. The monoisotopic (exact) mass is 258 g/mol. The zero-order valence-corrected chi connectivity index (χ0v) is 10.5. The van der Waals surface area contributed by atoms with Gasteiger partial charge in [-0.1, -0.05) is 0 Å². The number of hydrogen-bond acceptors (Lipinski definition) is 2. The van der Waals surface area contributed by atoms with Crippen LogP contribution in [0.4, 0.5) is 18.9 Å². The van der Waals surface area contributed by atoms with Crippen molar-refractivity contribution in [1.82, 2.24) is 0 Å². The molecule has 0 bridgehead atoms. The molecule has 0 amide bonds. The Hall–Kier alpha value is -1.23. The van der Waals surface area contributed by atoms with E-state index < -0.39 is 11.7 Å². The predicted octanol–water partition coefficient (Wildman–Crippen LogP) is 3.02. The van der Waals surface area contributed by atoms with Crippen LogP contribution in [0.25, 0.3) is 0 Å². The maximum absolute atomic E-state index is 12.5. The fourth-order valence-electron chi connectivity index (χ4n) is 2.40. The first-order chi connectivity index (χ1) is 8.23. The highest BCUT2D eigenvalue weighted by molar-refractivity contribution is 5.52. The summed E-state index contributed by atoms with van der Waals surface area (Å²) in [6.45, 7) is 4.81. The van der Waals surface area contributed by atoms with Crippen molar-refractivity contribution in [3.63, 3.8) is 0 Å². The second kappa shape index (κ2) is 4.16. The molecule has 0 saturated carbocycles. The lowest BCUT2D eigenvalue weighted by molar-refractivity contribution is -0.137. The number of hydrogen-bond donors (Lipinski definition) is 1. The molecule has 1 fully saturated rings.